The third-order valence-electron chi connectivity index (χ3n) is 20.7. The van der Waals surface area contributed by atoms with Crippen molar-refractivity contribution in [2.45, 2.75) is 229 Å². The lowest BCUT2D eigenvalue weighted by molar-refractivity contribution is -0.172. The second-order valence-electron chi connectivity index (χ2n) is 29.2. The number of benzene rings is 2. The summed E-state index contributed by atoms with van der Waals surface area (Å²) in [4.78, 5) is 161. The van der Waals surface area contributed by atoms with Crippen LogP contribution < -0.4 is 48.8 Å². The number of esters is 2. The van der Waals surface area contributed by atoms with Crippen LogP contribution in [0.1, 0.15) is 204 Å². The molecule has 4 aromatic heterocycles. The molecular weight excluding hydrogens is 1500 g/mol. The molecular formula is C81H106F3N11O16S2. The molecule has 7 atom stereocenters. The average Bonchev–Trinajstić information content (AvgIpc) is 1.57. The van der Waals surface area contributed by atoms with Crippen molar-refractivity contribution in [1.82, 2.24) is 51.0 Å². The Labute approximate surface area is 664 Å². The second-order valence-corrected chi connectivity index (χ2v) is 31.4. The molecule has 8 heterocycles. The normalized spacial score (nSPS) is 16.8. The Morgan fingerprint density at radius 1 is 0.575 bits per heavy atom. The summed E-state index contributed by atoms with van der Waals surface area (Å²) in [5, 5.41) is 40.6. The molecule has 0 bridgehead atoms. The smallest absolute Gasteiger partial charge is 0.343 e. The molecule has 32 heteroatoms. The van der Waals surface area contributed by atoms with E-state index in [-0.39, 0.29) is 155 Å². The van der Waals surface area contributed by atoms with Crippen LogP contribution in [-0.4, -0.2) is 137 Å². The molecule has 0 saturated heterocycles. The Kier molecular flexibility index (Phi) is 31.6. The van der Waals surface area contributed by atoms with Gasteiger partial charge in [0.2, 0.25) is 35.4 Å². The summed E-state index contributed by atoms with van der Waals surface area (Å²) < 4.78 is 58.4. The van der Waals surface area contributed by atoms with Crippen LogP contribution in [0.25, 0.3) is 44.6 Å². The number of Topliss-reactive ketones (excluding diaryl/α,β-unsaturated/α-hetero) is 2. The van der Waals surface area contributed by atoms with Crippen LogP contribution in [0, 0.1) is 43.2 Å². The monoisotopic (exact) mass is 1610 g/mol. The molecule has 10 rings (SSSR count). The van der Waals surface area contributed by atoms with Gasteiger partial charge in [-0.3, -0.25) is 52.3 Å². The highest BCUT2D eigenvalue weighted by Crippen LogP contribution is 2.43. The van der Waals surface area contributed by atoms with E-state index in [0.717, 1.165) is 37.2 Å². The minimum absolute atomic E-state index is 0. The first kappa shape index (κ1) is 89.2. The van der Waals surface area contributed by atoms with Crippen molar-refractivity contribution >= 4 is 104 Å². The van der Waals surface area contributed by atoms with Crippen LogP contribution in [0.4, 0.5) is 13.2 Å². The number of ether oxygens (including phenoxy) is 2. The number of aliphatic hydroxyl groups is 2. The first-order chi connectivity index (χ1) is 53.5. The predicted molar refractivity (Wildman–Crippen MR) is 425 cm³/mol. The number of fused-ring (bicyclic) bond motifs is 10. The Bertz CT molecular complexity index is 4500. The number of thioether (sulfide) groups is 2. The highest BCUT2D eigenvalue weighted by molar-refractivity contribution is 7.99. The molecule has 0 saturated carbocycles. The molecule has 6 aromatic rings. The molecule has 0 radical (unpaired) electrons. The number of rotatable bonds is 34. The molecule has 6 amide bonds. The van der Waals surface area contributed by atoms with Crippen LogP contribution in [0.2, 0.25) is 0 Å². The molecule has 0 unspecified atom stereocenters. The Hall–Kier alpha value is -9.37. The number of carbonyl (C=O) groups is 10. The number of hydrogen-bond donors (Lipinski definition) is 9. The molecule has 0 spiro atoms. The summed E-state index contributed by atoms with van der Waals surface area (Å²) in [6.45, 7) is 18.1. The van der Waals surface area contributed by atoms with Crippen molar-refractivity contribution < 1.29 is 82.2 Å². The number of carbonyl (C=O) groups excluding carboxylic acids is 10. The lowest BCUT2D eigenvalue weighted by Crippen LogP contribution is -2.46. The van der Waals surface area contributed by atoms with Crippen molar-refractivity contribution in [1.29, 1.82) is 0 Å². The highest BCUT2D eigenvalue weighted by atomic mass is 32.2. The third kappa shape index (κ3) is 21.0. The van der Waals surface area contributed by atoms with Crippen molar-refractivity contribution in [2.75, 3.05) is 30.4 Å². The zero-order chi connectivity index (χ0) is 83.1. The molecule has 0 fully saturated rings. The molecule has 113 heavy (non-hydrogen) atoms. The van der Waals surface area contributed by atoms with Gasteiger partial charge in [-0.1, -0.05) is 61.8 Å². The lowest BCUT2D eigenvalue weighted by Gasteiger charge is -2.31. The van der Waals surface area contributed by atoms with E-state index in [1.165, 1.54) is 40.0 Å². The summed E-state index contributed by atoms with van der Waals surface area (Å²) in [6, 6.07) is 7.12. The summed E-state index contributed by atoms with van der Waals surface area (Å²) in [5.74, 6) is -3.40. The van der Waals surface area contributed by atoms with E-state index in [1.54, 1.807) is 105 Å². The molecule has 27 nitrogen and oxygen atoms in total. The van der Waals surface area contributed by atoms with Crippen molar-refractivity contribution in [3.8, 4) is 22.8 Å². The van der Waals surface area contributed by atoms with E-state index < -0.39 is 88.9 Å². The van der Waals surface area contributed by atoms with Crippen LogP contribution in [0.15, 0.2) is 46.0 Å². The summed E-state index contributed by atoms with van der Waals surface area (Å²) in [6.07, 6.45) is 5.15. The molecule has 10 N–H and O–H groups in total. The average molecular weight is 1610 g/mol. The molecule has 2 aromatic carbocycles. The second kappa shape index (κ2) is 40.1. The van der Waals surface area contributed by atoms with Gasteiger partial charge >= 0.3 is 11.9 Å². The minimum atomic E-state index is -1.98. The standard InChI is InChI=1S/C40H50FN5O8S.C39H49FN6O8S.CH3F.CH4/c1-7-40(53)29-15-32-35-27(18-46(32)38(51)28(29)19-54-39(40)52)26(25-13-22(4)30(41)16-31(25)45-35)17-42-34(48)11-9-8-10-12-55-20-43-37(50)23(5)14-33(47)24(6)44-36(49)21(2)3;1-6-39(53)28-14-31-34-26(17-46(31)37(51)27(28)18-54-38(39)52)25(24-12-20(2)29(40)15-30(24)45-34)16-42-33(48)10-8-7-9-11-55-19-43-35(49)21(3)13-32(47)23(5)44-36(50)22(4)41;1-2;/h13,15-16,21,23-24,53H,7-12,14,17-20H2,1-6H3,(H,42,48)(H,43,50)(H,44,49);12,14-15,21-23,53H,6-11,13,16-19,41H2,1-5H3,(H,42,48)(H,43,49)(H,44,50);1H3;1H4/t23-,24-,40+;21-,22+,23-,39+;;/m11../s1/i;;1D;. The number of aromatic nitrogens is 4. The van der Waals surface area contributed by atoms with Crippen LogP contribution in [0.5, 0.6) is 0 Å². The number of ketones is 2. The number of alkyl halides is 1. The van der Waals surface area contributed by atoms with Gasteiger partial charge in [-0.2, -0.15) is 0 Å². The number of hydrogen-bond acceptors (Lipinski definition) is 21. The van der Waals surface area contributed by atoms with Gasteiger partial charge in [0.15, 0.2) is 22.8 Å². The number of nitrogens with two attached hydrogens (primary N) is 1. The Morgan fingerprint density at radius 2 is 0.956 bits per heavy atom. The van der Waals surface area contributed by atoms with Gasteiger partial charge in [0.1, 0.15) is 24.8 Å². The number of amides is 6. The number of pyridine rings is 4. The fraction of sp³-hybridized carbons (Fsp3) is 0.531. The summed E-state index contributed by atoms with van der Waals surface area (Å²) in [7, 11) is -1.00. The topological polar surface area (TPSA) is 398 Å². The van der Waals surface area contributed by atoms with E-state index in [1.807, 2.05) is 0 Å². The fourth-order valence-electron chi connectivity index (χ4n) is 13.6. The number of aryl methyl sites for hydroxylation is 2. The number of halogens is 3. The van der Waals surface area contributed by atoms with Gasteiger partial charge in [-0.25, -0.2) is 28.3 Å². The number of nitrogens with one attached hydrogen (secondary N) is 6. The maximum atomic E-state index is 14.8. The van der Waals surface area contributed by atoms with Crippen LogP contribution in [0.3, 0.4) is 0 Å². The van der Waals surface area contributed by atoms with E-state index in [9.17, 15) is 80.9 Å². The fourth-order valence-corrected chi connectivity index (χ4v) is 15.2. The molecule has 614 valence electrons. The first-order valence-electron chi connectivity index (χ1n) is 38.3. The molecule has 0 aliphatic carbocycles. The van der Waals surface area contributed by atoms with Crippen LogP contribution >= 0.6 is 23.5 Å². The third-order valence-corrected chi connectivity index (χ3v) is 22.6. The zero-order valence-corrected chi connectivity index (χ0v) is 66.8. The number of nitrogens with zero attached hydrogens (tertiary/aromatic N) is 4. The van der Waals surface area contributed by atoms with Crippen LogP contribution in [-0.2, 0) is 108 Å². The first-order valence-corrected chi connectivity index (χ1v) is 39.9. The van der Waals surface area contributed by atoms with Gasteiger partial charge in [-0.05, 0) is 131 Å². The highest BCUT2D eigenvalue weighted by Gasteiger charge is 2.47. The van der Waals surface area contributed by atoms with Crippen molar-refractivity contribution in [3.05, 3.63) is 124 Å². The maximum Gasteiger partial charge on any atom is 0.343 e. The Balaban J connectivity index is 0.000000303. The maximum absolute atomic E-state index is 14.8. The predicted octanol–water partition coefficient (Wildman–Crippen LogP) is 8.45. The number of cyclic esters (lactones) is 2. The lowest BCUT2D eigenvalue weighted by atomic mass is 9.86. The van der Waals surface area contributed by atoms with Gasteiger partial charge in [0.05, 0.1) is 96.4 Å². The zero-order valence-electron chi connectivity index (χ0n) is 66.1. The van der Waals surface area contributed by atoms with Gasteiger partial charge < -0.3 is 66.5 Å². The van der Waals surface area contributed by atoms with E-state index in [2.05, 4.69) is 31.9 Å². The summed E-state index contributed by atoms with van der Waals surface area (Å²) in [5.41, 5.74) is 7.46. The van der Waals surface area contributed by atoms with Crippen molar-refractivity contribution in [3.63, 3.8) is 0 Å². The molecule has 4 aliphatic rings. The summed E-state index contributed by atoms with van der Waals surface area (Å²) >= 11 is 3.09. The van der Waals surface area contributed by atoms with Gasteiger partial charge in [0, 0.05) is 102 Å². The van der Waals surface area contributed by atoms with Gasteiger partial charge in [0.25, 0.3) is 11.1 Å². The van der Waals surface area contributed by atoms with E-state index >= 15 is 0 Å². The Morgan fingerprint density at radius 3 is 1.32 bits per heavy atom. The van der Waals surface area contributed by atoms with Gasteiger partial charge in [-0.15, -0.1) is 23.5 Å². The minimum Gasteiger partial charge on any atom is -0.458 e. The SMILES string of the molecule is C.CC[C@@]1(O)C(=O)OCc2c1cc1n(c2=O)Cc2c-1nc1cc(F)c(C)cc1c2CNC(=O)CCCCCSCNC(=O)[C@H](C)CC(=O)[C@@H](C)NC(=O)C(C)C.CC[C@@]1(O)C(=O)OCc2c1cc1n(c2=O)Cc2c-1nc1cc(F)c(C)cc1c2CNC(=O)CCCCCSCNC(=O)[C@H](C)CC(=O)[C@@H](C)NC(=O)[C@H](C)N.[2H]CF. The van der Waals surface area contributed by atoms with Crippen molar-refractivity contribution in [2.24, 2.45) is 23.5 Å². The number of unbranched alkanes of at least 4 members (excludes halogenated alkanes) is 4. The van der Waals surface area contributed by atoms with E-state index in [4.69, 9.17) is 26.5 Å². The quantitative estimate of drug-likeness (QED) is 0.0104. The molecule has 4 aliphatic heterocycles. The van der Waals surface area contributed by atoms with E-state index in [0.29, 0.717) is 103 Å². The largest absolute Gasteiger partial charge is 0.458 e.